The number of hydrogen-bond acceptors (Lipinski definition) is 4. The van der Waals surface area contributed by atoms with Gasteiger partial charge in [0.1, 0.15) is 22.6 Å². The smallest absolute Gasteiger partial charge is 0.148 e. The lowest BCUT2D eigenvalue weighted by Gasteiger charge is -2.32. The normalized spacial score (nSPS) is 13.5. The second-order valence-electron chi connectivity index (χ2n) is 7.59. The molecule has 0 atom stereocenters. The van der Waals surface area contributed by atoms with Crippen molar-refractivity contribution in [2.24, 2.45) is 5.10 Å². The van der Waals surface area contributed by atoms with Crippen LogP contribution >= 0.6 is 23.2 Å². The average molecular weight is 430 g/mol. The van der Waals surface area contributed by atoms with Gasteiger partial charge in [-0.05, 0) is 51.0 Å². The van der Waals surface area contributed by atoms with E-state index in [4.69, 9.17) is 38.4 Å². The van der Waals surface area contributed by atoms with E-state index in [2.05, 4.69) is 24.9 Å². The van der Waals surface area contributed by atoms with Crippen molar-refractivity contribution in [3.8, 4) is 11.3 Å². The van der Waals surface area contributed by atoms with Gasteiger partial charge >= 0.3 is 0 Å². The largest absolute Gasteiger partial charge is 0.258 e. The van der Waals surface area contributed by atoms with Crippen LogP contribution in [0.4, 0.5) is 5.69 Å². The highest BCUT2D eigenvalue weighted by Crippen LogP contribution is 2.40. The van der Waals surface area contributed by atoms with Crippen LogP contribution in [0.3, 0.4) is 0 Å². The number of aromatic nitrogens is 3. The Morgan fingerprint density at radius 3 is 2.41 bits per heavy atom. The van der Waals surface area contributed by atoms with Crippen molar-refractivity contribution >= 4 is 45.8 Å². The SMILES string of the molecule is CCCC(CCC)N1N=C(C)n2nc(-c3ccc(Cl)cc3Cl)c3nc(C)cc1c32. The minimum Gasteiger partial charge on any atom is -0.258 e. The van der Waals surface area contributed by atoms with E-state index in [1.165, 1.54) is 0 Å². The summed E-state index contributed by atoms with van der Waals surface area (Å²) in [6, 6.07) is 7.94. The molecule has 0 spiro atoms. The van der Waals surface area contributed by atoms with E-state index >= 15 is 0 Å². The molecule has 2 aromatic heterocycles. The Balaban J connectivity index is 1.96. The van der Waals surface area contributed by atoms with E-state index in [1.807, 2.05) is 30.7 Å². The topological polar surface area (TPSA) is 46.3 Å². The third-order valence-electron chi connectivity index (χ3n) is 5.32. The molecule has 0 N–H and O–H groups in total. The molecule has 3 heterocycles. The molecule has 0 bridgehead atoms. The number of hydrogen-bond donors (Lipinski definition) is 0. The quantitative estimate of drug-likeness (QED) is 0.438. The molecule has 0 amide bonds. The second-order valence-corrected chi connectivity index (χ2v) is 8.43. The molecule has 1 aliphatic heterocycles. The lowest BCUT2D eigenvalue weighted by molar-refractivity contribution is 0.509. The maximum Gasteiger partial charge on any atom is 0.148 e. The first-order valence-electron chi connectivity index (χ1n) is 10.1. The van der Waals surface area contributed by atoms with Gasteiger partial charge in [0.05, 0.1) is 16.8 Å². The van der Waals surface area contributed by atoms with Crippen LogP contribution in [0.25, 0.3) is 22.3 Å². The molecule has 3 aromatic rings. The summed E-state index contributed by atoms with van der Waals surface area (Å²) in [7, 11) is 0. The number of hydrazone groups is 1. The number of halogens is 2. The summed E-state index contributed by atoms with van der Waals surface area (Å²) in [5, 5.41) is 13.1. The average Bonchev–Trinajstić information content (AvgIpc) is 3.04. The first-order valence-corrected chi connectivity index (χ1v) is 10.9. The van der Waals surface area contributed by atoms with Crippen molar-refractivity contribution in [1.29, 1.82) is 0 Å². The predicted molar refractivity (Wildman–Crippen MR) is 122 cm³/mol. The molecule has 0 fully saturated rings. The molecule has 5 nitrogen and oxygen atoms in total. The van der Waals surface area contributed by atoms with Gasteiger partial charge in [-0.2, -0.15) is 10.2 Å². The van der Waals surface area contributed by atoms with Gasteiger partial charge in [-0.25, -0.2) is 9.67 Å². The Bertz CT molecular complexity index is 1100. The third kappa shape index (κ3) is 3.51. The number of aryl methyl sites for hydroxylation is 1. The van der Waals surface area contributed by atoms with E-state index in [1.54, 1.807) is 6.07 Å². The van der Waals surface area contributed by atoms with Crippen molar-refractivity contribution in [2.75, 3.05) is 5.01 Å². The van der Waals surface area contributed by atoms with Gasteiger partial charge in [-0.3, -0.25) is 5.01 Å². The van der Waals surface area contributed by atoms with Crippen LogP contribution in [0.2, 0.25) is 10.0 Å². The van der Waals surface area contributed by atoms with Gasteiger partial charge in [-0.15, -0.1) is 0 Å². The van der Waals surface area contributed by atoms with Crippen molar-refractivity contribution in [1.82, 2.24) is 14.8 Å². The summed E-state index contributed by atoms with van der Waals surface area (Å²) in [5.41, 5.74) is 5.41. The van der Waals surface area contributed by atoms with Crippen LogP contribution in [-0.4, -0.2) is 26.6 Å². The molecular formula is C22H25Cl2N5. The van der Waals surface area contributed by atoms with Gasteiger partial charge in [0, 0.05) is 16.3 Å². The number of pyridine rings is 1. The van der Waals surface area contributed by atoms with Crippen LogP contribution in [0.1, 0.15) is 52.1 Å². The Morgan fingerprint density at radius 1 is 1.03 bits per heavy atom. The molecule has 7 heteroatoms. The number of nitrogens with zero attached hydrogens (tertiary/aromatic N) is 5. The van der Waals surface area contributed by atoms with Gasteiger partial charge in [0.2, 0.25) is 0 Å². The summed E-state index contributed by atoms with van der Waals surface area (Å²) in [6.07, 6.45) is 4.43. The summed E-state index contributed by atoms with van der Waals surface area (Å²) in [6.45, 7) is 8.45. The molecule has 1 aliphatic rings. The fourth-order valence-corrected chi connectivity index (χ4v) is 4.58. The van der Waals surface area contributed by atoms with E-state index in [0.717, 1.165) is 65.2 Å². The molecule has 0 radical (unpaired) electrons. The van der Waals surface area contributed by atoms with E-state index < -0.39 is 0 Å². The highest BCUT2D eigenvalue weighted by Gasteiger charge is 2.29. The number of benzene rings is 1. The van der Waals surface area contributed by atoms with E-state index in [9.17, 15) is 0 Å². The van der Waals surface area contributed by atoms with Crippen molar-refractivity contribution in [3.05, 3.63) is 40.0 Å². The Labute approximate surface area is 181 Å². The molecule has 29 heavy (non-hydrogen) atoms. The summed E-state index contributed by atoms with van der Waals surface area (Å²) in [5.74, 6) is 0.835. The van der Waals surface area contributed by atoms with E-state index in [0.29, 0.717) is 16.1 Å². The molecule has 0 unspecified atom stereocenters. The predicted octanol–water partition coefficient (Wildman–Crippen LogP) is 6.68. The van der Waals surface area contributed by atoms with E-state index in [-0.39, 0.29) is 0 Å². The van der Waals surface area contributed by atoms with Crippen LogP contribution in [0.15, 0.2) is 29.4 Å². The second kappa shape index (κ2) is 7.96. The minimum absolute atomic E-state index is 0.358. The molecule has 152 valence electrons. The van der Waals surface area contributed by atoms with Crippen LogP contribution in [0, 0.1) is 6.92 Å². The zero-order valence-electron chi connectivity index (χ0n) is 17.2. The Kier molecular flexibility index (Phi) is 5.54. The summed E-state index contributed by atoms with van der Waals surface area (Å²) < 4.78 is 1.89. The van der Waals surface area contributed by atoms with Gasteiger partial charge < -0.3 is 0 Å². The number of rotatable bonds is 6. The molecule has 1 aromatic carbocycles. The van der Waals surface area contributed by atoms with Crippen LogP contribution in [0.5, 0.6) is 0 Å². The molecule has 0 saturated heterocycles. The highest BCUT2D eigenvalue weighted by molar-refractivity contribution is 6.36. The van der Waals surface area contributed by atoms with Gasteiger partial charge in [0.25, 0.3) is 0 Å². The van der Waals surface area contributed by atoms with Gasteiger partial charge in [0.15, 0.2) is 0 Å². The lowest BCUT2D eigenvalue weighted by Crippen LogP contribution is -2.35. The lowest BCUT2D eigenvalue weighted by atomic mass is 10.0. The first-order chi connectivity index (χ1) is 13.9. The number of anilines is 1. The molecule has 0 saturated carbocycles. The van der Waals surface area contributed by atoms with Gasteiger partial charge in [-0.1, -0.05) is 49.9 Å². The molecule has 0 aliphatic carbocycles. The summed E-state index contributed by atoms with van der Waals surface area (Å²) in [4.78, 5) is 4.84. The van der Waals surface area contributed by atoms with Crippen molar-refractivity contribution in [3.63, 3.8) is 0 Å². The maximum atomic E-state index is 6.51. The maximum absolute atomic E-state index is 6.51. The fraction of sp³-hybridized carbons (Fsp3) is 0.409. The Morgan fingerprint density at radius 2 is 1.76 bits per heavy atom. The molecular weight excluding hydrogens is 405 g/mol. The molecule has 4 rings (SSSR count). The van der Waals surface area contributed by atoms with Crippen molar-refractivity contribution in [2.45, 2.75) is 59.4 Å². The summed E-state index contributed by atoms with van der Waals surface area (Å²) >= 11 is 12.6. The fourth-order valence-electron chi connectivity index (χ4n) is 4.08. The zero-order chi connectivity index (χ0) is 20.7. The standard InChI is InChI=1S/C22H25Cl2N5/c1-5-7-16(8-6-2)29-19-11-13(3)25-21-20(17-10-9-15(23)12-18(17)24)27-28(22(19)21)14(4)26-29/h9-12,16H,5-8H2,1-4H3. The van der Waals surface area contributed by atoms with Crippen LogP contribution in [-0.2, 0) is 0 Å². The minimum atomic E-state index is 0.358. The highest BCUT2D eigenvalue weighted by atomic mass is 35.5. The van der Waals surface area contributed by atoms with Crippen molar-refractivity contribution < 1.29 is 0 Å². The monoisotopic (exact) mass is 429 g/mol. The first kappa shape index (κ1) is 20.2. The van der Waals surface area contributed by atoms with Crippen LogP contribution < -0.4 is 5.01 Å². The third-order valence-corrected chi connectivity index (χ3v) is 5.87. The Hall–Kier alpha value is -2.11. The zero-order valence-corrected chi connectivity index (χ0v) is 18.7.